The van der Waals surface area contributed by atoms with Gasteiger partial charge in [-0.05, 0) is 18.6 Å². The van der Waals surface area contributed by atoms with Gasteiger partial charge < -0.3 is 8.74 Å². The molecule has 6 nitrogen and oxygen atoms in total. The fourth-order valence-electron chi connectivity index (χ4n) is 1.08. The summed E-state index contributed by atoms with van der Waals surface area (Å²) in [7, 11) is -8.25. The molecule has 0 saturated heterocycles. The smallest absolute Gasteiger partial charge is 0.748 e. The first kappa shape index (κ1) is 17.9. The maximum atomic E-state index is 11.4. The van der Waals surface area contributed by atoms with Crippen LogP contribution in [0.3, 0.4) is 0 Å². The van der Waals surface area contributed by atoms with Gasteiger partial charge in [0.25, 0.3) is 0 Å². The summed E-state index contributed by atoms with van der Waals surface area (Å²) >= 11 is 0. The molecule has 0 unspecified atom stereocenters. The Balaban J connectivity index is 0.00000289. The minimum absolute atomic E-state index is 0. The summed E-state index contributed by atoms with van der Waals surface area (Å²) in [5.41, 5.74) is 0. The molecule has 0 fully saturated rings. The quantitative estimate of drug-likeness (QED) is 0.323. The first-order valence-corrected chi connectivity index (χ1v) is 7.85. The van der Waals surface area contributed by atoms with E-state index in [4.69, 9.17) is 4.18 Å². The first-order chi connectivity index (χ1) is 7.79. The van der Waals surface area contributed by atoms with E-state index >= 15 is 0 Å². The third-order valence-electron chi connectivity index (χ3n) is 1.76. The van der Waals surface area contributed by atoms with E-state index in [0.29, 0.717) is 0 Å². The van der Waals surface area contributed by atoms with Crippen LogP contribution in [0.25, 0.3) is 0 Å². The van der Waals surface area contributed by atoms with E-state index in [0.717, 1.165) is 0 Å². The van der Waals surface area contributed by atoms with Crippen LogP contribution in [0.2, 0.25) is 0 Å². The standard InChI is InChI=1S/C9H12O6S2.Na/c10-16(11,12)7-4-8-17(13,14)15-9-5-2-1-3-6-9;/h1-3,5-6H,4,7-8H2,(H,10,11,12);/q;+1/p-1. The Morgan fingerprint density at radius 1 is 1.00 bits per heavy atom. The molecule has 0 aliphatic heterocycles. The Kier molecular flexibility index (Phi) is 7.41. The van der Waals surface area contributed by atoms with Crippen molar-refractivity contribution in [2.45, 2.75) is 6.42 Å². The second kappa shape index (κ2) is 7.46. The zero-order valence-corrected chi connectivity index (χ0v) is 13.4. The largest absolute Gasteiger partial charge is 1.00 e. The van der Waals surface area contributed by atoms with Gasteiger partial charge >= 0.3 is 39.7 Å². The molecule has 0 spiro atoms. The number of benzene rings is 1. The summed E-state index contributed by atoms with van der Waals surface area (Å²) in [4.78, 5) is 0. The maximum Gasteiger partial charge on any atom is 1.00 e. The summed E-state index contributed by atoms with van der Waals surface area (Å²) in [6, 6.07) is 7.83. The molecule has 0 aromatic heterocycles. The average molecular weight is 302 g/mol. The van der Waals surface area contributed by atoms with Crippen molar-refractivity contribution < 1.29 is 55.1 Å². The second-order valence-electron chi connectivity index (χ2n) is 3.27. The Morgan fingerprint density at radius 3 is 2.06 bits per heavy atom. The third-order valence-corrected chi connectivity index (χ3v) is 3.78. The van der Waals surface area contributed by atoms with Crippen LogP contribution >= 0.6 is 0 Å². The van der Waals surface area contributed by atoms with Crippen LogP contribution in [0.4, 0.5) is 0 Å². The first-order valence-electron chi connectivity index (χ1n) is 4.69. The number of para-hydroxylation sites is 1. The van der Waals surface area contributed by atoms with Crippen molar-refractivity contribution in [2.75, 3.05) is 11.5 Å². The van der Waals surface area contributed by atoms with E-state index in [2.05, 4.69) is 0 Å². The van der Waals surface area contributed by atoms with E-state index < -0.39 is 31.7 Å². The van der Waals surface area contributed by atoms with E-state index in [1.54, 1.807) is 18.2 Å². The zero-order valence-electron chi connectivity index (χ0n) is 9.77. The van der Waals surface area contributed by atoms with Gasteiger partial charge in [-0.15, -0.1) is 0 Å². The number of hydrogen-bond acceptors (Lipinski definition) is 6. The Bertz CT molecular complexity index is 552. The molecule has 1 aromatic rings. The number of hydrogen-bond donors (Lipinski definition) is 0. The van der Waals surface area contributed by atoms with Crippen molar-refractivity contribution in [1.82, 2.24) is 0 Å². The van der Waals surface area contributed by atoms with Gasteiger partial charge in [-0.3, -0.25) is 0 Å². The monoisotopic (exact) mass is 302 g/mol. The molecular weight excluding hydrogens is 291 g/mol. The van der Waals surface area contributed by atoms with Crippen molar-refractivity contribution >= 4 is 20.2 Å². The van der Waals surface area contributed by atoms with Gasteiger partial charge in [0.1, 0.15) is 5.75 Å². The molecule has 0 saturated carbocycles. The fourth-order valence-corrected chi connectivity index (χ4v) is 2.74. The molecule has 0 aliphatic carbocycles. The van der Waals surface area contributed by atoms with Crippen LogP contribution in [0.15, 0.2) is 30.3 Å². The van der Waals surface area contributed by atoms with Gasteiger partial charge in [-0.2, -0.15) is 8.42 Å². The Labute approximate surface area is 129 Å². The van der Waals surface area contributed by atoms with Gasteiger partial charge in [0.15, 0.2) is 0 Å². The van der Waals surface area contributed by atoms with Gasteiger partial charge in [0, 0.05) is 5.75 Å². The third kappa shape index (κ3) is 8.06. The van der Waals surface area contributed by atoms with Crippen LogP contribution in [-0.4, -0.2) is 32.9 Å². The topological polar surface area (TPSA) is 101 Å². The number of rotatable bonds is 6. The van der Waals surface area contributed by atoms with Crippen molar-refractivity contribution in [3.8, 4) is 5.75 Å². The van der Waals surface area contributed by atoms with Crippen LogP contribution in [-0.2, 0) is 20.2 Å². The summed E-state index contributed by atoms with van der Waals surface area (Å²) in [6.45, 7) is 0. The molecule has 9 heteroatoms. The van der Waals surface area contributed by atoms with Gasteiger partial charge in [0.05, 0.1) is 15.9 Å². The van der Waals surface area contributed by atoms with Crippen molar-refractivity contribution in [1.29, 1.82) is 0 Å². The molecule has 0 radical (unpaired) electrons. The summed E-state index contributed by atoms with van der Waals surface area (Å²) < 4.78 is 58.3. The molecule has 0 aliphatic rings. The molecule has 18 heavy (non-hydrogen) atoms. The summed E-state index contributed by atoms with van der Waals surface area (Å²) in [5.74, 6) is -1.08. The van der Waals surface area contributed by atoms with Crippen LogP contribution in [0.1, 0.15) is 6.42 Å². The summed E-state index contributed by atoms with van der Waals surface area (Å²) in [6.07, 6.45) is -0.277. The normalized spacial score (nSPS) is 11.6. The van der Waals surface area contributed by atoms with E-state index in [1.165, 1.54) is 12.1 Å². The van der Waals surface area contributed by atoms with Crippen molar-refractivity contribution in [3.63, 3.8) is 0 Å². The van der Waals surface area contributed by atoms with Crippen molar-refractivity contribution in [3.05, 3.63) is 30.3 Å². The maximum absolute atomic E-state index is 11.4. The molecule has 0 heterocycles. The van der Waals surface area contributed by atoms with Gasteiger partial charge in [0.2, 0.25) is 0 Å². The molecule has 96 valence electrons. The van der Waals surface area contributed by atoms with Gasteiger partial charge in [-0.25, -0.2) is 8.42 Å². The van der Waals surface area contributed by atoms with Crippen LogP contribution in [0.5, 0.6) is 5.75 Å². The van der Waals surface area contributed by atoms with Crippen LogP contribution < -0.4 is 33.7 Å². The van der Waals surface area contributed by atoms with E-state index in [1.807, 2.05) is 0 Å². The minimum atomic E-state index is -4.39. The van der Waals surface area contributed by atoms with Gasteiger partial charge in [-0.1, -0.05) is 18.2 Å². The second-order valence-corrected chi connectivity index (χ2v) is 6.49. The average Bonchev–Trinajstić information content (AvgIpc) is 2.15. The zero-order chi connectivity index (χ0) is 12.9. The van der Waals surface area contributed by atoms with E-state index in [-0.39, 0.29) is 41.7 Å². The molecule has 1 aromatic carbocycles. The fraction of sp³-hybridized carbons (Fsp3) is 0.333. The Hall–Kier alpha value is -0.120. The molecule has 0 atom stereocenters. The van der Waals surface area contributed by atoms with Crippen LogP contribution in [0, 0.1) is 0 Å². The minimum Gasteiger partial charge on any atom is -0.748 e. The summed E-state index contributed by atoms with van der Waals surface area (Å²) in [5, 5.41) is 0. The SMILES string of the molecule is O=S(=O)([O-])CCCS(=O)(=O)Oc1ccccc1.[Na+]. The van der Waals surface area contributed by atoms with Crippen molar-refractivity contribution in [2.24, 2.45) is 0 Å². The molecule has 0 N–H and O–H groups in total. The predicted molar refractivity (Wildman–Crippen MR) is 60.0 cm³/mol. The molecule has 1 rings (SSSR count). The van der Waals surface area contributed by atoms with E-state index in [9.17, 15) is 21.4 Å². The molecule has 0 bridgehead atoms. The predicted octanol–water partition coefficient (Wildman–Crippen LogP) is -2.67. The Morgan fingerprint density at radius 2 is 1.56 bits per heavy atom. The molecule has 0 amide bonds. The molecular formula is C9H11NaO6S2.